The molecular formula is C11H8ClNO. The van der Waals surface area contributed by atoms with Crippen molar-refractivity contribution in [1.29, 1.82) is 5.26 Å². The van der Waals surface area contributed by atoms with Gasteiger partial charge in [-0.1, -0.05) is 29.8 Å². The van der Waals surface area contributed by atoms with Gasteiger partial charge in [-0.05, 0) is 30.2 Å². The molecule has 0 fully saturated rings. The zero-order chi connectivity index (χ0) is 10.6. The minimum absolute atomic E-state index is 0.0458. The van der Waals surface area contributed by atoms with Gasteiger partial charge in [-0.15, -0.1) is 0 Å². The van der Waals surface area contributed by atoms with Gasteiger partial charge in [0.25, 0.3) is 5.24 Å². The molecule has 0 radical (unpaired) electrons. The predicted molar refractivity (Wildman–Crippen MR) is 55.6 cm³/mol. The summed E-state index contributed by atoms with van der Waals surface area (Å²) < 4.78 is 0. The maximum absolute atomic E-state index is 10.7. The standard InChI is InChI=1S/C11H8ClNO/c1-8-2-4-9(5-3-8)6-10(7-13)11(12)14/h2-6H,1H3/b10-6+. The number of rotatable bonds is 2. The molecule has 0 bridgehead atoms. The molecule has 0 heterocycles. The second-order valence-corrected chi connectivity index (χ2v) is 3.20. The molecule has 0 aliphatic rings. The number of hydrogen-bond donors (Lipinski definition) is 0. The van der Waals surface area contributed by atoms with Crippen LogP contribution in [0.1, 0.15) is 11.1 Å². The zero-order valence-electron chi connectivity index (χ0n) is 7.62. The Bertz CT molecular complexity index is 412. The maximum Gasteiger partial charge on any atom is 0.262 e. The van der Waals surface area contributed by atoms with Crippen molar-refractivity contribution in [1.82, 2.24) is 0 Å². The van der Waals surface area contributed by atoms with Crippen LogP contribution in [0.4, 0.5) is 0 Å². The molecule has 0 amide bonds. The van der Waals surface area contributed by atoms with Crippen LogP contribution >= 0.6 is 11.6 Å². The Labute approximate surface area is 87.4 Å². The van der Waals surface area contributed by atoms with Crippen LogP contribution in [0, 0.1) is 18.3 Å². The number of hydrogen-bond acceptors (Lipinski definition) is 2. The molecule has 0 unspecified atom stereocenters. The Morgan fingerprint density at radius 2 is 2.00 bits per heavy atom. The van der Waals surface area contributed by atoms with E-state index in [9.17, 15) is 4.79 Å². The normalized spacial score (nSPS) is 10.8. The van der Waals surface area contributed by atoms with Crippen LogP contribution in [-0.4, -0.2) is 5.24 Å². The van der Waals surface area contributed by atoms with E-state index in [1.165, 1.54) is 6.08 Å². The van der Waals surface area contributed by atoms with E-state index in [1.54, 1.807) is 6.07 Å². The third-order valence-electron chi connectivity index (χ3n) is 1.72. The fraction of sp³-hybridized carbons (Fsp3) is 0.0909. The monoisotopic (exact) mass is 205 g/mol. The first-order chi connectivity index (χ1) is 6.63. The number of carbonyl (C=O) groups is 1. The van der Waals surface area contributed by atoms with Gasteiger partial charge in [-0.25, -0.2) is 0 Å². The highest BCUT2D eigenvalue weighted by Gasteiger charge is 2.03. The lowest BCUT2D eigenvalue weighted by Crippen LogP contribution is -1.89. The number of carbonyl (C=O) groups excluding carboxylic acids is 1. The lowest BCUT2D eigenvalue weighted by molar-refractivity contribution is -0.108. The summed E-state index contributed by atoms with van der Waals surface area (Å²) >= 11 is 5.20. The molecule has 1 aromatic carbocycles. The van der Waals surface area contributed by atoms with Crippen LogP contribution < -0.4 is 0 Å². The van der Waals surface area contributed by atoms with Crippen molar-refractivity contribution in [3.05, 3.63) is 41.0 Å². The van der Waals surface area contributed by atoms with Crippen LogP contribution in [0.25, 0.3) is 6.08 Å². The Hall–Kier alpha value is -1.59. The second-order valence-electron chi connectivity index (χ2n) is 2.85. The quantitative estimate of drug-likeness (QED) is 0.423. The Kier molecular flexibility index (Phi) is 3.44. The van der Waals surface area contributed by atoms with Crippen molar-refractivity contribution in [2.45, 2.75) is 6.92 Å². The zero-order valence-corrected chi connectivity index (χ0v) is 8.38. The van der Waals surface area contributed by atoms with Gasteiger partial charge in [-0.2, -0.15) is 5.26 Å². The first kappa shape index (κ1) is 10.5. The third-order valence-corrected chi connectivity index (χ3v) is 1.92. The summed E-state index contributed by atoms with van der Waals surface area (Å²) in [4.78, 5) is 10.7. The van der Waals surface area contributed by atoms with Crippen LogP contribution in [0.5, 0.6) is 0 Å². The van der Waals surface area contributed by atoms with Gasteiger partial charge in [0.2, 0.25) is 0 Å². The number of halogens is 1. The lowest BCUT2D eigenvalue weighted by atomic mass is 10.1. The summed E-state index contributed by atoms with van der Waals surface area (Å²) in [7, 11) is 0. The van der Waals surface area contributed by atoms with E-state index < -0.39 is 5.24 Å². The maximum atomic E-state index is 10.7. The first-order valence-electron chi connectivity index (χ1n) is 4.02. The van der Waals surface area contributed by atoms with Gasteiger partial charge >= 0.3 is 0 Å². The largest absolute Gasteiger partial charge is 0.275 e. The molecule has 14 heavy (non-hydrogen) atoms. The fourth-order valence-electron chi connectivity index (χ4n) is 0.962. The molecule has 0 aliphatic carbocycles. The van der Waals surface area contributed by atoms with Crippen molar-refractivity contribution in [3.63, 3.8) is 0 Å². The Morgan fingerprint density at radius 3 is 2.43 bits per heavy atom. The molecule has 0 spiro atoms. The van der Waals surface area contributed by atoms with Crippen molar-refractivity contribution in [3.8, 4) is 6.07 Å². The molecule has 0 atom stereocenters. The van der Waals surface area contributed by atoms with Crippen LogP contribution in [0.3, 0.4) is 0 Å². The smallest absolute Gasteiger partial charge is 0.262 e. The summed E-state index contributed by atoms with van der Waals surface area (Å²) in [5.41, 5.74) is 1.87. The van der Waals surface area contributed by atoms with Gasteiger partial charge in [0, 0.05) is 0 Å². The van der Waals surface area contributed by atoms with Crippen molar-refractivity contribution in [2.24, 2.45) is 0 Å². The van der Waals surface area contributed by atoms with Gasteiger partial charge in [-0.3, -0.25) is 4.79 Å². The Balaban J connectivity index is 3.03. The lowest BCUT2D eigenvalue weighted by Gasteiger charge is -1.95. The molecule has 0 saturated carbocycles. The minimum Gasteiger partial charge on any atom is -0.275 e. The molecule has 2 nitrogen and oxygen atoms in total. The van der Waals surface area contributed by atoms with E-state index >= 15 is 0 Å². The molecule has 0 aliphatic heterocycles. The number of allylic oxidation sites excluding steroid dienone is 1. The van der Waals surface area contributed by atoms with E-state index in [2.05, 4.69) is 0 Å². The number of aryl methyl sites for hydroxylation is 1. The summed E-state index contributed by atoms with van der Waals surface area (Å²) in [5, 5.41) is 7.86. The van der Waals surface area contributed by atoms with Gasteiger partial charge in [0.05, 0.1) is 0 Å². The number of nitriles is 1. The number of benzene rings is 1. The summed E-state index contributed by atoms with van der Waals surface area (Å²) in [5.74, 6) is 0. The van der Waals surface area contributed by atoms with Crippen molar-refractivity contribution >= 4 is 22.9 Å². The molecule has 1 aromatic rings. The average Bonchev–Trinajstić information content (AvgIpc) is 2.16. The second kappa shape index (κ2) is 4.59. The van der Waals surface area contributed by atoms with Crippen LogP contribution in [0.2, 0.25) is 0 Å². The van der Waals surface area contributed by atoms with E-state index in [0.717, 1.165) is 11.1 Å². The molecule has 0 saturated heterocycles. The molecule has 3 heteroatoms. The average molecular weight is 206 g/mol. The highest BCUT2D eigenvalue weighted by Crippen LogP contribution is 2.09. The van der Waals surface area contributed by atoms with E-state index in [1.807, 2.05) is 31.2 Å². The van der Waals surface area contributed by atoms with E-state index in [0.29, 0.717) is 0 Å². The molecule has 0 aromatic heterocycles. The molecular weight excluding hydrogens is 198 g/mol. The predicted octanol–water partition coefficient (Wildman–Crippen LogP) is 2.67. The topological polar surface area (TPSA) is 40.9 Å². The molecule has 0 N–H and O–H groups in total. The summed E-state index contributed by atoms with van der Waals surface area (Å²) in [6, 6.07) is 9.20. The third kappa shape index (κ3) is 2.72. The minimum atomic E-state index is -0.729. The van der Waals surface area contributed by atoms with Gasteiger partial charge in [0.15, 0.2) is 0 Å². The Morgan fingerprint density at radius 1 is 1.43 bits per heavy atom. The van der Waals surface area contributed by atoms with Crippen LogP contribution in [-0.2, 0) is 4.79 Å². The summed E-state index contributed by atoms with van der Waals surface area (Å²) in [6.07, 6.45) is 1.47. The molecule has 1 rings (SSSR count). The van der Waals surface area contributed by atoms with Gasteiger partial charge < -0.3 is 0 Å². The highest BCUT2D eigenvalue weighted by atomic mass is 35.5. The highest BCUT2D eigenvalue weighted by molar-refractivity contribution is 6.68. The van der Waals surface area contributed by atoms with Gasteiger partial charge in [0.1, 0.15) is 11.6 Å². The SMILES string of the molecule is Cc1ccc(/C=C(\C#N)C(=O)Cl)cc1. The van der Waals surface area contributed by atoms with Crippen LogP contribution in [0.15, 0.2) is 29.8 Å². The molecule has 70 valence electrons. The fourth-order valence-corrected chi connectivity index (χ4v) is 1.06. The van der Waals surface area contributed by atoms with Crippen molar-refractivity contribution < 1.29 is 4.79 Å². The first-order valence-corrected chi connectivity index (χ1v) is 4.39. The van der Waals surface area contributed by atoms with Crippen molar-refractivity contribution in [2.75, 3.05) is 0 Å². The number of nitrogens with zero attached hydrogens (tertiary/aromatic N) is 1. The summed E-state index contributed by atoms with van der Waals surface area (Å²) in [6.45, 7) is 1.96. The van der Waals surface area contributed by atoms with E-state index in [4.69, 9.17) is 16.9 Å². The van der Waals surface area contributed by atoms with E-state index in [-0.39, 0.29) is 5.57 Å².